The van der Waals surface area contributed by atoms with Crippen molar-refractivity contribution in [3.05, 3.63) is 29.8 Å². The first-order valence-electron chi connectivity index (χ1n) is 9.67. The molecule has 1 saturated heterocycles. The number of likely N-dealkylation sites (tertiary alicyclic amines) is 1. The molecule has 1 aliphatic heterocycles. The number of nitrogens with one attached hydrogen (secondary N) is 2. The molecule has 1 fully saturated rings. The van der Waals surface area contributed by atoms with Crippen LogP contribution in [0.25, 0.3) is 0 Å². The van der Waals surface area contributed by atoms with Crippen LogP contribution in [0.4, 0.5) is 0 Å². The first-order chi connectivity index (χ1) is 12.3. The van der Waals surface area contributed by atoms with Gasteiger partial charge in [0.1, 0.15) is 5.75 Å². The highest BCUT2D eigenvalue weighted by Gasteiger charge is 2.22. The van der Waals surface area contributed by atoms with Gasteiger partial charge in [-0.25, -0.2) is 0 Å². The number of rotatable bonds is 9. The summed E-state index contributed by atoms with van der Waals surface area (Å²) in [6.07, 6.45) is 4.57. The Morgan fingerprint density at radius 1 is 1.32 bits per heavy atom. The minimum atomic E-state index is 0.635. The van der Waals surface area contributed by atoms with E-state index in [1.165, 1.54) is 24.9 Å². The van der Waals surface area contributed by atoms with Gasteiger partial charge in [-0.2, -0.15) is 0 Å². The monoisotopic (exact) mass is 346 g/mol. The van der Waals surface area contributed by atoms with E-state index in [2.05, 4.69) is 52.6 Å². The predicted molar refractivity (Wildman–Crippen MR) is 106 cm³/mol. The number of ether oxygens (including phenoxy) is 1. The van der Waals surface area contributed by atoms with Crippen molar-refractivity contribution in [2.45, 2.75) is 45.6 Å². The van der Waals surface area contributed by atoms with Gasteiger partial charge in [-0.15, -0.1) is 0 Å². The van der Waals surface area contributed by atoms with E-state index in [1.807, 2.05) is 13.1 Å². The minimum absolute atomic E-state index is 0.635. The highest BCUT2D eigenvalue weighted by Crippen LogP contribution is 2.15. The quantitative estimate of drug-likeness (QED) is 0.533. The second-order valence-corrected chi connectivity index (χ2v) is 6.55. The maximum Gasteiger partial charge on any atom is 0.191 e. The molecule has 2 N–H and O–H groups in total. The van der Waals surface area contributed by atoms with Crippen LogP contribution in [0.3, 0.4) is 0 Å². The Kier molecular flexibility index (Phi) is 8.60. The van der Waals surface area contributed by atoms with Crippen molar-refractivity contribution < 1.29 is 4.74 Å². The molecule has 0 aromatic heterocycles. The number of hydrogen-bond donors (Lipinski definition) is 2. The van der Waals surface area contributed by atoms with E-state index in [1.54, 1.807) is 0 Å². The molecule has 0 bridgehead atoms. The highest BCUT2D eigenvalue weighted by atomic mass is 16.5. The van der Waals surface area contributed by atoms with Crippen molar-refractivity contribution in [1.82, 2.24) is 15.5 Å². The van der Waals surface area contributed by atoms with Crippen LogP contribution >= 0.6 is 0 Å². The van der Waals surface area contributed by atoms with Gasteiger partial charge in [0.25, 0.3) is 0 Å². The molecule has 1 atom stereocenters. The Morgan fingerprint density at radius 3 is 2.96 bits per heavy atom. The Labute approximate surface area is 152 Å². The molecule has 0 saturated carbocycles. The molecule has 1 aromatic rings. The van der Waals surface area contributed by atoms with Crippen LogP contribution in [0.2, 0.25) is 0 Å². The number of guanidine groups is 1. The molecule has 2 rings (SSSR count). The van der Waals surface area contributed by atoms with Crippen LogP contribution in [0.15, 0.2) is 29.3 Å². The molecule has 25 heavy (non-hydrogen) atoms. The van der Waals surface area contributed by atoms with Gasteiger partial charge in [-0.05, 0) is 56.5 Å². The summed E-state index contributed by atoms with van der Waals surface area (Å²) in [5.74, 6) is 1.85. The van der Waals surface area contributed by atoms with Gasteiger partial charge in [-0.1, -0.05) is 26.0 Å². The average molecular weight is 347 g/mol. The maximum atomic E-state index is 5.70. The molecule has 5 heteroatoms. The lowest BCUT2D eigenvalue weighted by Gasteiger charge is -2.24. The molecule has 0 spiro atoms. The van der Waals surface area contributed by atoms with Gasteiger partial charge in [-0.3, -0.25) is 9.89 Å². The highest BCUT2D eigenvalue weighted by molar-refractivity contribution is 5.79. The predicted octanol–water partition coefficient (Wildman–Crippen LogP) is 2.67. The van der Waals surface area contributed by atoms with E-state index in [0.717, 1.165) is 50.8 Å². The van der Waals surface area contributed by atoms with Gasteiger partial charge in [0.2, 0.25) is 0 Å². The average Bonchev–Trinajstić information content (AvgIpc) is 3.10. The van der Waals surface area contributed by atoms with Crippen LogP contribution in [0.1, 0.15) is 38.7 Å². The summed E-state index contributed by atoms with van der Waals surface area (Å²) in [5.41, 5.74) is 1.28. The lowest BCUT2D eigenvalue weighted by atomic mass is 10.1. The Morgan fingerprint density at radius 2 is 2.20 bits per heavy atom. The third-order valence-electron chi connectivity index (χ3n) is 4.71. The van der Waals surface area contributed by atoms with E-state index in [4.69, 9.17) is 4.74 Å². The van der Waals surface area contributed by atoms with Crippen LogP contribution in [-0.2, 0) is 6.42 Å². The fraction of sp³-hybridized carbons (Fsp3) is 0.650. The maximum absolute atomic E-state index is 5.70. The zero-order chi connectivity index (χ0) is 17.9. The molecule has 140 valence electrons. The number of nitrogens with zero attached hydrogens (tertiary/aromatic N) is 2. The van der Waals surface area contributed by atoms with Crippen molar-refractivity contribution in [3.63, 3.8) is 0 Å². The first-order valence-corrected chi connectivity index (χ1v) is 9.67. The summed E-state index contributed by atoms with van der Waals surface area (Å²) in [4.78, 5) is 6.88. The van der Waals surface area contributed by atoms with Crippen molar-refractivity contribution in [1.29, 1.82) is 0 Å². The van der Waals surface area contributed by atoms with Crippen LogP contribution in [0.5, 0.6) is 5.75 Å². The van der Waals surface area contributed by atoms with Crippen molar-refractivity contribution >= 4 is 5.96 Å². The molecule has 0 radical (unpaired) electrons. The molecule has 0 amide bonds. The summed E-state index contributed by atoms with van der Waals surface area (Å²) in [6, 6.07) is 9.00. The normalized spacial score (nSPS) is 18.4. The minimum Gasteiger partial charge on any atom is -0.494 e. The third kappa shape index (κ3) is 6.58. The van der Waals surface area contributed by atoms with Crippen LogP contribution in [-0.4, -0.2) is 56.7 Å². The lowest BCUT2D eigenvalue weighted by Crippen LogP contribution is -2.45. The van der Waals surface area contributed by atoms with E-state index in [9.17, 15) is 0 Å². The molecule has 1 heterocycles. The van der Waals surface area contributed by atoms with Crippen molar-refractivity contribution in [3.8, 4) is 5.75 Å². The second-order valence-electron chi connectivity index (χ2n) is 6.55. The van der Waals surface area contributed by atoms with Crippen molar-refractivity contribution in [2.24, 2.45) is 4.99 Å². The zero-order valence-electron chi connectivity index (χ0n) is 16.1. The summed E-state index contributed by atoms with van der Waals surface area (Å²) in [7, 11) is 1.83. The fourth-order valence-corrected chi connectivity index (χ4v) is 3.31. The number of benzene rings is 1. The Balaban J connectivity index is 1.72. The number of likely N-dealkylation sites (N-methyl/N-ethyl adjacent to an activating group) is 1. The van der Waals surface area contributed by atoms with Crippen LogP contribution < -0.4 is 15.4 Å². The molecular formula is C20H34N4O. The molecule has 1 aliphatic rings. The Bertz CT molecular complexity index is 532. The van der Waals surface area contributed by atoms with E-state index >= 15 is 0 Å². The van der Waals surface area contributed by atoms with E-state index < -0.39 is 0 Å². The van der Waals surface area contributed by atoms with Gasteiger partial charge in [0.15, 0.2) is 5.96 Å². The van der Waals surface area contributed by atoms with Gasteiger partial charge < -0.3 is 15.4 Å². The molecular weight excluding hydrogens is 312 g/mol. The molecule has 0 aliphatic carbocycles. The summed E-state index contributed by atoms with van der Waals surface area (Å²) >= 11 is 0. The SMILES string of the molecule is CCCOc1cccc(CCNC(=NC)NCC2CCCN2CC)c1. The van der Waals surface area contributed by atoms with Gasteiger partial charge >= 0.3 is 0 Å². The second kappa shape index (κ2) is 11.0. The summed E-state index contributed by atoms with van der Waals surface area (Å²) in [5, 5.41) is 6.89. The molecule has 5 nitrogen and oxygen atoms in total. The first kappa shape index (κ1) is 19.6. The summed E-state index contributed by atoms with van der Waals surface area (Å²) < 4.78 is 5.70. The number of aliphatic imine (C=N–C) groups is 1. The topological polar surface area (TPSA) is 48.9 Å². The smallest absolute Gasteiger partial charge is 0.191 e. The third-order valence-corrected chi connectivity index (χ3v) is 4.71. The largest absolute Gasteiger partial charge is 0.494 e. The summed E-state index contributed by atoms with van der Waals surface area (Å²) in [6.45, 7) is 9.32. The molecule has 1 aromatic carbocycles. The number of hydrogen-bond acceptors (Lipinski definition) is 3. The Hall–Kier alpha value is -1.75. The van der Waals surface area contributed by atoms with Crippen LogP contribution in [0, 0.1) is 0 Å². The van der Waals surface area contributed by atoms with Crippen molar-refractivity contribution in [2.75, 3.05) is 39.8 Å². The standard InChI is InChI=1S/C20H34N4O/c1-4-14-25-19-10-6-8-17(15-19)11-12-22-20(21-3)23-16-18-9-7-13-24(18)5-2/h6,8,10,15,18H,4-5,7,9,11-14,16H2,1-3H3,(H2,21,22,23). The molecule has 1 unspecified atom stereocenters. The fourth-order valence-electron chi connectivity index (χ4n) is 3.31. The van der Waals surface area contributed by atoms with E-state index in [-0.39, 0.29) is 0 Å². The zero-order valence-corrected chi connectivity index (χ0v) is 16.1. The van der Waals surface area contributed by atoms with Gasteiger partial charge in [0.05, 0.1) is 6.61 Å². The lowest BCUT2D eigenvalue weighted by molar-refractivity contribution is 0.267. The van der Waals surface area contributed by atoms with Gasteiger partial charge in [0, 0.05) is 26.2 Å². The van der Waals surface area contributed by atoms with E-state index in [0.29, 0.717) is 6.04 Å².